The van der Waals surface area contributed by atoms with Crippen molar-refractivity contribution in [1.82, 2.24) is 10.6 Å². The van der Waals surface area contributed by atoms with E-state index in [0.29, 0.717) is 37.0 Å². The van der Waals surface area contributed by atoms with Crippen LogP contribution in [-0.2, 0) is 0 Å². The van der Waals surface area contributed by atoms with Gasteiger partial charge in [-0.2, -0.15) is 0 Å². The Labute approximate surface area is 179 Å². The molecule has 28 heavy (non-hydrogen) atoms. The van der Waals surface area contributed by atoms with Crippen molar-refractivity contribution in [2.75, 3.05) is 19.8 Å². The first-order chi connectivity index (χ1) is 13.4. The van der Waals surface area contributed by atoms with Crippen molar-refractivity contribution in [2.45, 2.75) is 33.2 Å². The highest BCUT2D eigenvalue weighted by molar-refractivity contribution is 9.10. The van der Waals surface area contributed by atoms with E-state index >= 15 is 0 Å². The molecule has 152 valence electrons. The molecule has 2 rings (SSSR count). The molecule has 0 saturated carbocycles. The molecule has 2 amide bonds. The maximum atomic E-state index is 12.2. The normalized spacial score (nSPS) is 11.6. The largest absolute Gasteiger partial charge is 0.494 e. The van der Waals surface area contributed by atoms with Crippen molar-refractivity contribution >= 4 is 33.6 Å². The van der Waals surface area contributed by atoms with Crippen molar-refractivity contribution < 1.29 is 14.3 Å². The van der Waals surface area contributed by atoms with Crippen LogP contribution in [-0.4, -0.2) is 25.8 Å². The Morgan fingerprint density at radius 3 is 2.64 bits per heavy atom. The average molecular weight is 470 g/mol. The summed E-state index contributed by atoms with van der Waals surface area (Å²) < 4.78 is 12.2. The van der Waals surface area contributed by atoms with Gasteiger partial charge >= 0.3 is 6.03 Å². The van der Waals surface area contributed by atoms with Crippen LogP contribution < -0.4 is 20.1 Å². The summed E-state index contributed by atoms with van der Waals surface area (Å²) in [4.78, 5) is 12.2. The van der Waals surface area contributed by atoms with Gasteiger partial charge in [0.1, 0.15) is 11.5 Å². The molecule has 0 aliphatic heterocycles. The summed E-state index contributed by atoms with van der Waals surface area (Å²) in [6.07, 6.45) is 0.669. The van der Waals surface area contributed by atoms with Crippen LogP contribution in [0.2, 0.25) is 5.02 Å². The third-order valence-electron chi connectivity index (χ3n) is 4.04. The van der Waals surface area contributed by atoms with Gasteiger partial charge in [0.15, 0.2) is 0 Å². The lowest BCUT2D eigenvalue weighted by Gasteiger charge is -2.19. The number of nitrogens with one attached hydrogen (secondary N) is 2. The number of hydrogen-bond acceptors (Lipinski definition) is 3. The maximum Gasteiger partial charge on any atom is 0.315 e. The molecule has 1 unspecified atom stereocenters. The molecule has 0 aromatic heterocycles. The van der Waals surface area contributed by atoms with Crippen LogP contribution in [0.5, 0.6) is 11.5 Å². The molecule has 0 aliphatic rings. The fraction of sp³-hybridized carbons (Fsp3) is 0.381. The number of carbonyl (C=O) groups excluding carboxylic acids is 1. The Morgan fingerprint density at radius 2 is 1.93 bits per heavy atom. The lowest BCUT2D eigenvalue weighted by Crippen LogP contribution is -2.38. The number of hydrogen-bond donors (Lipinski definition) is 2. The third kappa shape index (κ3) is 6.91. The van der Waals surface area contributed by atoms with Gasteiger partial charge in [0, 0.05) is 16.6 Å². The highest BCUT2D eigenvalue weighted by atomic mass is 79.9. The minimum Gasteiger partial charge on any atom is -0.494 e. The smallest absolute Gasteiger partial charge is 0.315 e. The van der Waals surface area contributed by atoms with Crippen molar-refractivity contribution in [3.8, 4) is 11.5 Å². The first kappa shape index (κ1) is 22.4. The monoisotopic (exact) mass is 468 g/mol. The summed E-state index contributed by atoms with van der Waals surface area (Å²) in [5.41, 5.74) is 2.08. The van der Waals surface area contributed by atoms with E-state index in [0.717, 1.165) is 21.3 Å². The van der Waals surface area contributed by atoms with E-state index in [1.165, 1.54) is 0 Å². The van der Waals surface area contributed by atoms with E-state index in [4.69, 9.17) is 21.1 Å². The zero-order valence-corrected chi connectivity index (χ0v) is 18.7. The molecule has 2 aromatic carbocycles. The van der Waals surface area contributed by atoms with Crippen LogP contribution >= 0.6 is 27.5 Å². The third-order valence-corrected chi connectivity index (χ3v) is 4.83. The van der Waals surface area contributed by atoms with Crippen LogP contribution in [0.25, 0.3) is 0 Å². The minimum absolute atomic E-state index is 0.167. The van der Waals surface area contributed by atoms with Crippen LogP contribution in [0.15, 0.2) is 40.9 Å². The van der Waals surface area contributed by atoms with Gasteiger partial charge in [-0.05, 0) is 51.5 Å². The molecule has 7 heteroatoms. The molecule has 5 nitrogen and oxygen atoms in total. The molecule has 0 spiro atoms. The second-order valence-corrected chi connectivity index (χ2v) is 7.70. The van der Waals surface area contributed by atoms with E-state index < -0.39 is 0 Å². The van der Waals surface area contributed by atoms with E-state index in [1.807, 2.05) is 51.1 Å². The second kappa shape index (κ2) is 11.2. The van der Waals surface area contributed by atoms with Crippen molar-refractivity contribution in [2.24, 2.45) is 0 Å². The predicted molar refractivity (Wildman–Crippen MR) is 117 cm³/mol. The summed E-state index contributed by atoms with van der Waals surface area (Å²) in [7, 11) is 0. The van der Waals surface area contributed by atoms with Gasteiger partial charge in [0.25, 0.3) is 0 Å². The lowest BCUT2D eigenvalue weighted by atomic mass is 10.0. The summed E-state index contributed by atoms with van der Waals surface area (Å²) in [5.74, 6) is 1.42. The van der Waals surface area contributed by atoms with Crippen molar-refractivity contribution in [3.05, 3.63) is 57.0 Å². The molecule has 0 radical (unpaired) electrons. The molecular weight excluding hydrogens is 444 g/mol. The highest BCUT2D eigenvalue weighted by Gasteiger charge is 2.14. The number of benzene rings is 2. The van der Waals surface area contributed by atoms with Gasteiger partial charge in [-0.3, -0.25) is 0 Å². The first-order valence-corrected chi connectivity index (χ1v) is 10.4. The minimum atomic E-state index is -0.224. The summed E-state index contributed by atoms with van der Waals surface area (Å²) in [5, 5.41) is 6.35. The number of aryl methyl sites for hydroxylation is 1. The number of ether oxygens (including phenoxy) is 2. The molecule has 2 N–H and O–H groups in total. The van der Waals surface area contributed by atoms with Crippen molar-refractivity contribution in [1.29, 1.82) is 0 Å². The number of rotatable bonds is 9. The topological polar surface area (TPSA) is 59.6 Å². The van der Waals surface area contributed by atoms with Gasteiger partial charge in [0.05, 0.1) is 24.3 Å². The standard InChI is InChI=1S/C21H26BrClN2O3/c1-4-27-19-8-6-14(2)12-17(19)15(3)25-21(26)24-10-5-11-28-20-9-7-16(22)13-18(20)23/h6-9,12-13,15H,4-5,10-11H2,1-3H3,(H2,24,25,26). The SMILES string of the molecule is CCOc1ccc(C)cc1C(C)NC(=O)NCCCOc1ccc(Br)cc1Cl. The molecule has 0 aliphatic carbocycles. The van der Waals surface area contributed by atoms with E-state index in [9.17, 15) is 4.79 Å². The zero-order valence-electron chi connectivity index (χ0n) is 16.4. The molecule has 0 saturated heterocycles. The number of amides is 2. The number of urea groups is 1. The van der Waals surface area contributed by atoms with Crippen LogP contribution in [0, 0.1) is 6.92 Å². The second-order valence-electron chi connectivity index (χ2n) is 6.37. The highest BCUT2D eigenvalue weighted by Crippen LogP contribution is 2.28. The Balaban J connectivity index is 1.75. The average Bonchev–Trinajstić information content (AvgIpc) is 2.64. The van der Waals surface area contributed by atoms with Crippen LogP contribution in [0.4, 0.5) is 4.79 Å². The Bertz CT molecular complexity index is 801. The first-order valence-electron chi connectivity index (χ1n) is 9.26. The maximum absolute atomic E-state index is 12.2. The lowest BCUT2D eigenvalue weighted by molar-refractivity contribution is 0.236. The number of carbonyl (C=O) groups is 1. The van der Waals surface area contributed by atoms with Crippen LogP contribution in [0.3, 0.4) is 0 Å². The predicted octanol–water partition coefficient (Wildman–Crippen LogP) is 5.64. The van der Waals surface area contributed by atoms with Gasteiger partial charge in [-0.15, -0.1) is 0 Å². The van der Waals surface area contributed by atoms with Gasteiger partial charge < -0.3 is 20.1 Å². The van der Waals surface area contributed by atoms with Gasteiger partial charge in [-0.1, -0.05) is 45.2 Å². The molecular formula is C21H26BrClN2O3. The quantitative estimate of drug-likeness (QED) is 0.467. The fourth-order valence-electron chi connectivity index (χ4n) is 2.67. The Hall–Kier alpha value is -1.92. The van der Waals surface area contributed by atoms with Gasteiger partial charge in [-0.25, -0.2) is 4.79 Å². The van der Waals surface area contributed by atoms with Gasteiger partial charge in [0.2, 0.25) is 0 Å². The molecule has 0 fully saturated rings. The van der Waals surface area contributed by atoms with E-state index in [2.05, 4.69) is 26.6 Å². The molecule has 0 bridgehead atoms. The van der Waals surface area contributed by atoms with E-state index in [1.54, 1.807) is 6.07 Å². The summed E-state index contributed by atoms with van der Waals surface area (Å²) in [6.45, 7) is 7.44. The van der Waals surface area contributed by atoms with E-state index in [-0.39, 0.29) is 12.1 Å². The molecule has 2 aromatic rings. The van der Waals surface area contributed by atoms with Crippen LogP contribution in [0.1, 0.15) is 37.4 Å². The van der Waals surface area contributed by atoms with Crippen molar-refractivity contribution in [3.63, 3.8) is 0 Å². The number of halogens is 2. The Kier molecular flexibility index (Phi) is 8.93. The summed E-state index contributed by atoms with van der Waals surface area (Å²) >= 11 is 9.47. The molecule has 0 heterocycles. The molecule has 1 atom stereocenters. The summed E-state index contributed by atoms with van der Waals surface area (Å²) in [6, 6.07) is 11.0. The fourth-order valence-corrected chi connectivity index (χ4v) is 3.40. The Morgan fingerprint density at radius 1 is 1.18 bits per heavy atom. The zero-order chi connectivity index (χ0) is 20.5.